The molecule has 1 aromatic carbocycles. The molecule has 3 rings (SSSR count). The second kappa shape index (κ2) is 4.96. The lowest BCUT2D eigenvalue weighted by molar-refractivity contribution is 0.130. The highest BCUT2D eigenvalue weighted by Crippen LogP contribution is 2.45. The third-order valence-corrected chi connectivity index (χ3v) is 5.51. The summed E-state index contributed by atoms with van der Waals surface area (Å²) >= 11 is 8.50. The van der Waals surface area contributed by atoms with Gasteiger partial charge in [0.25, 0.3) is 0 Å². The lowest BCUT2D eigenvalue weighted by atomic mass is 9.92. The van der Waals surface area contributed by atoms with Crippen LogP contribution in [0.25, 0.3) is 0 Å². The maximum absolute atomic E-state index is 10.5. The zero-order chi connectivity index (χ0) is 12.7. The van der Waals surface area contributed by atoms with Crippen molar-refractivity contribution in [3.8, 4) is 5.75 Å². The standard InChI is InChI=1S/C13H10Br2O2S/c14-11-5-8(13(15)18-11)12(16)9-6-17-10-4-2-1-3-7(9)10/h1-5,9,12,16H,6H2. The van der Waals surface area contributed by atoms with E-state index in [0.29, 0.717) is 6.61 Å². The van der Waals surface area contributed by atoms with Gasteiger partial charge in [-0.1, -0.05) is 18.2 Å². The number of halogens is 2. The zero-order valence-electron chi connectivity index (χ0n) is 9.27. The van der Waals surface area contributed by atoms with Crippen molar-refractivity contribution in [3.05, 3.63) is 49.0 Å². The highest BCUT2D eigenvalue weighted by molar-refractivity contribution is 9.12. The van der Waals surface area contributed by atoms with Crippen molar-refractivity contribution in [1.29, 1.82) is 0 Å². The molecule has 2 nitrogen and oxygen atoms in total. The SMILES string of the molecule is OC(c1cc(Br)sc1Br)C1COc2ccccc21. The second-order valence-corrected chi connectivity index (χ2v) is 7.93. The van der Waals surface area contributed by atoms with Crippen LogP contribution in [-0.2, 0) is 0 Å². The predicted molar refractivity (Wildman–Crippen MR) is 79.4 cm³/mol. The quantitative estimate of drug-likeness (QED) is 0.820. The van der Waals surface area contributed by atoms with E-state index >= 15 is 0 Å². The fraction of sp³-hybridized carbons (Fsp3) is 0.231. The Morgan fingerprint density at radius 2 is 2.11 bits per heavy atom. The summed E-state index contributed by atoms with van der Waals surface area (Å²) in [4.78, 5) is 0. The number of fused-ring (bicyclic) bond motifs is 1. The molecule has 0 saturated carbocycles. The van der Waals surface area contributed by atoms with Crippen LogP contribution >= 0.6 is 43.2 Å². The summed E-state index contributed by atoms with van der Waals surface area (Å²) in [7, 11) is 0. The highest BCUT2D eigenvalue weighted by Gasteiger charge is 2.32. The van der Waals surface area contributed by atoms with Crippen LogP contribution in [0.4, 0.5) is 0 Å². The molecular weight excluding hydrogens is 380 g/mol. The summed E-state index contributed by atoms with van der Waals surface area (Å²) in [6.07, 6.45) is -0.550. The molecule has 5 heteroatoms. The lowest BCUT2D eigenvalue weighted by Crippen LogP contribution is -2.12. The van der Waals surface area contributed by atoms with Gasteiger partial charge in [-0.25, -0.2) is 0 Å². The lowest BCUT2D eigenvalue weighted by Gasteiger charge is -2.16. The van der Waals surface area contributed by atoms with Gasteiger partial charge in [0, 0.05) is 11.1 Å². The number of thiophene rings is 1. The molecule has 1 aromatic heterocycles. The Bertz CT molecular complexity index is 582. The fourth-order valence-corrected chi connectivity index (χ4v) is 5.13. The fourth-order valence-electron chi connectivity index (χ4n) is 2.22. The molecule has 2 unspecified atom stereocenters. The van der Waals surface area contributed by atoms with Crippen LogP contribution in [-0.4, -0.2) is 11.7 Å². The molecule has 1 aliphatic rings. The first-order valence-corrected chi connectivity index (χ1v) is 7.91. The number of ether oxygens (including phenoxy) is 1. The summed E-state index contributed by atoms with van der Waals surface area (Å²) in [6, 6.07) is 9.85. The number of rotatable bonds is 2. The van der Waals surface area contributed by atoms with Crippen molar-refractivity contribution >= 4 is 43.2 Å². The molecule has 0 aliphatic carbocycles. The molecule has 2 aromatic rings. The largest absolute Gasteiger partial charge is 0.493 e. The Hall–Kier alpha value is -0.360. The minimum absolute atomic E-state index is 0.000926. The Morgan fingerprint density at radius 3 is 2.83 bits per heavy atom. The summed E-state index contributed by atoms with van der Waals surface area (Å²) in [5.74, 6) is 0.881. The Morgan fingerprint density at radius 1 is 1.33 bits per heavy atom. The number of hydrogen-bond donors (Lipinski definition) is 1. The second-order valence-electron chi connectivity index (χ2n) is 4.18. The first kappa shape index (κ1) is 12.7. The van der Waals surface area contributed by atoms with Gasteiger partial charge in [0.1, 0.15) is 5.75 Å². The van der Waals surface area contributed by atoms with Gasteiger partial charge in [-0.2, -0.15) is 0 Å². The van der Waals surface area contributed by atoms with Gasteiger partial charge in [0.05, 0.1) is 26.2 Å². The zero-order valence-corrected chi connectivity index (χ0v) is 13.3. The average molecular weight is 390 g/mol. The van der Waals surface area contributed by atoms with E-state index in [0.717, 1.165) is 24.4 Å². The number of aliphatic hydroxyl groups excluding tert-OH is 1. The van der Waals surface area contributed by atoms with Crippen LogP contribution in [0.3, 0.4) is 0 Å². The van der Waals surface area contributed by atoms with E-state index in [1.165, 1.54) is 0 Å². The van der Waals surface area contributed by atoms with E-state index in [1.807, 2.05) is 30.3 Å². The van der Waals surface area contributed by atoms with Gasteiger partial charge in [-0.05, 0) is 44.0 Å². The Labute approximate surface area is 126 Å². The van der Waals surface area contributed by atoms with Crippen LogP contribution in [0.5, 0.6) is 5.75 Å². The molecule has 0 bridgehead atoms. The van der Waals surface area contributed by atoms with Crippen LogP contribution in [0.1, 0.15) is 23.1 Å². The van der Waals surface area contributed by atoms with Gasteiger partial charge < -0.3 is 9.84 Å². The number of benzene rings is 1. The van der Waals surface area contributed by atoms with Crippen molar-refractivity contribution in [2.45, 2.75) is 12.0 Å². The molecule has 0 amide bonds. The van der Waals surface area contributed by atoms with Crippen molar-refractivity contribution in [1.82, 2.24) is 0 Å². The smallest absolute Gasteiger partial charge is 0.123 e. The summed E-state index contributed by atoms with van der Waals surface area (Å²) < 4.78 is 7.59. The highest BCUT2D eigenvalue weighted by atomic mass is 79.9. The monoisotopic (exact) mass is 388 g/mol. The molecule has 94 valence electrons. The predicted octanol–water partition coefficient (Wildman–Crippen LogP) is 4.48. The van der Waals surface area contributed by atoms with E-state index in [9.17, 15) is 5.11 Å². The third-order valence-electron chi connectivity index (χ3n) is 3.12. The summed E-state index contributed by atoms with van der Waals surface area (Å²) in [6.45, 7) is 0.528. The van der Waals surface area contributed by atoms with Crippen molar-refractivity contribution in [2.24, 2.45) is 0 Å². The minimum atomic E-state index is -0.550. The molecule has 1 N–H and O–H groups in total. The van der Waals surface area contributed by atoms with Crippen LogP contribution in [0, 0.1) is 0 Å². The number of para-hydroxylation sites is 1. The Balaban J connectivity index is 1.95. The molecule has 2 atom stereocenters. The molecule has 0 saturated heterocycles. The van der Waals surface area contributed by atoms with Gasteiger partial charge >= 0.3 is 0 Å². The van der Waals surface area contributed by atoms with E-state index < -0.39 is 6.10 Å². The number of hydrogen-bond acceptors (Lipinski definition) is 3. The van der Waals surface area contributed by atoms with E-state index in [2.05, 4.69) is 31.9 Å². The first-order chi connectivity index (χ1) is 8.66. The maximum Gasteiger partial charge on any atom is 0.123 e. The Kier molecular flexibility index (Phi) is 3.49. The van der Waals surface area contributed by atoms with Crippen molar-refractivity contribution < 1.29 is 9.84 Å². The third kappa shape index (κ3) is 2.13. The van der Waals surface area contributed by atoms with E-state index in [4.69, 9.17) is 4.74 Å². The van der Waals surface area contributed by atoms with Crippen LogP contribution in [0.15, 0.2) is 37.9 Å². The average Bonchev–Trinajstić information content (AvgIpc) is 2.92. The van der Waals surface area contributed by atoms with Gasteiger partial charge in [0.15, 0.2) is 0 Å². The van der Waals surface area contributed by atoms with Crippen molar-refractivity contribution in [2.75, 3.05) is 6.61 Å². The molecule has 0 spiro atoms. The van der Waals surface area contributed by atoms with Gasteiger partial charge in [-0.3, -0.25) is 0 Å². The normalized spacial score (nSPS) is 19.4. The van der Waals surface area contributed by atoms with Crippen molar-refractivity contribution in [3.63, 3.8) is 0 Å². The number of aliphatic hydroxyl groups is 1. The summed E-state index contributed by atoms with van der Waals surface area (Å²) in [5.41, 5.74) is 2.00. The molecule has 18 heavy (non-hydrogen) atoms. The molecule has 0 radical (unpaired) electrons. The van der Waals surface area contributed by atoms with E-state index in [-0.39, 0.29) is 5.92 Å². The summed E-state index contributed by atoms with van der Waals surface area (Å²) in [5, 5.41) is 10.5. The first-order valence-electron chi connectivity index (χ1n) is 5.51. The van der Waals surface area contributed by atoms with Gasteiger partial charge in [0.2, 0.25) is 0 Å². The molecule has 2 heterocycles. The van der Waals surface area contributed by atoms with E-state index in [1.54, 1.807) is 11.3 Å². The maximum atomic E-state index is 10.5. The minimum Gasteiger partial charge on any atom is -0.493 e. The van der Waals surface area contributed by atoms with Crippen LogP contribution < -0.4 is 4.74 Å². The molecule has 0 fully saturated rings. The molecule has 1 aliphatic heterocycles. The van der Waals surface area contributed by atoms with Gasteiger partial charge in [-0.15, -0.1) is 11.3 Å². The molecular formula is C13H10Br2O2S. The van der Waals surface area contributed by atoms with Crippen LogP contribution in [0.2, 0.25) is 0 Å². The topological polar surface area (TPSA) is 29.5 Å².